The summed E-state index contributed by atoms with van der Waals surface area (Å²) in [7, 11) is 0. The number of nitrogens with two attached hydrogens (primary N) is 1. The molecule has 0 radical (unpaired) electrons. The molecule has 0 saturated carbocycles. The van der Waals surface area contributed by atoms with Crippen LogP contribution < -0.4 is 16.4 Å². The summed E-state index contributed by atoms with van der Waals surface area (Å²) in [5.41, 5.74) is 5.24. The second-order valence-electron chi connectivity index (χ2n) is 3.45. The fourth-order valence-corrected chi connectivity index (χ4v) is 1.47. The molecule has 5 heteroatoms. The number of hydrogen-bond donors (Lipinski definition) is 3. The van der Waals surface area contributed by atoms with Crippen LogP contribution in [0.25, 0.3) is 0 Å². The Bertz CT molecular complexity index is 218. The van der Waals surface area contributed by atoms with Crippen LogP contribution in [0, 0.1) is 0 Å². The molecule has 5 nitrogen and oxygen atoms in total. The van der Waals surface area contributed by atoms with Gasteiger partial charge in [-0.1, -0.05) is 0 Å². The van der Waals surface area contributed by atoms with Gasteiger partial charge in [-0.2, -0.15) is 0 Å². The zero-order chi connectivity index (χ0) is 10.4. The lowest BCUT2D eigenvalue weighted by atomic mass is 10.1. The van der Waals surface area contributed by atoms with Gasteiger partial charge in [-0.05, 0) is 19.3 Å². The molecule has 4 N–H and O–H groups in total. The number of hydrogen-bond acceptors (Lipinski definition) is 3. The van der Waals surface area contributed by atoms with Gasteiger partial charge in [-0.3, -0.25) is 9.59 Å². The van der Waals surface area contributed by atoms with E-state index >= 15 is 0 Å². The molecule has 14 heavy (non-hydrogen) atoms. The van der Waals surface area contributed by atoms with E-state index in [0.29, 0.717) is 13.1 Å². The van der Waals surface area contributed by atoms with Gasteiger partial charge in [0.1, 0.15) is 6.04 Å². The average molecular weight is 199 g/mol. The Morgan fingerprint density at radius 1 is 1.57 bits per heavy atom. The van der Waals surface area contributed by atoms with Crippen LogP contribution in [0.2, 0.25) is 0 Å². The Hall–Kier alpha value is -1.10. The highest BCUT2D eigenvalue weighted by atomic mass is 16.2. The van der Waals surface area contributed by atoms with E-state index in [0.717, 1.165) is 19.3 Å². The lowest BCUT2D eigenvalue weighted by Crippen LogP contribution is -2.45. The van der Waals surface area contributed by atoms with E-state index in [4.69, 9.17) is 5.73 Å². The molecule has 0 aromatic heterocycles. The third kappa shape index (κ3) is 3.33. The second kappa shape index (κ2) is 5.59. The van der Waals surface area contributed by atoms with Crippen LogP contribution in [0.3, 0.4) is 0 Å². The Labute approximate surface area is 83.4 Å². The van der Waals surface area contributed by atoms with Gasteiger partial charge >= 0.3 is 0 Å². The van der Waals surface area contributed by atoms with Crippen molar-refractivity contribution in [2.45, 2.75) is 31.7 Å². The highest BCUT2D eigenvalue weighted by Crippen LogP contribution is 2.05. The number of nitrogens with one attached hydrogen (secondary N) is 2. The third-order valence-electron chi connectivity index (χ3n) is 2.24. The van der Waals surface area contributed by atoms with Crippen molar-refractivity contribution < 1.29 is 9.59 Å². The predicted octanol–water partition coefficient (Wildman–Crippen LogP) is -0.880. The minimum absolute atomic E-state index is 0.0760. The topological polar surface area (TPSA) is 84.2 Å². The van der Waals surface area contributed by atoms with E-state index in [1.165, 1.54) is 0 Å². The maximum absolute atomic E-state index is 11.4. The molecule has 1 aliphatic rings. The molecule has 1 unspecified atom stereocenters. The largest absolute Gasteiger partial charge is 0.354 e. The number of rotatable bonds is 3. The van der Waals surface area contributed by atoms with Crippen molar-refractivity contribution in [2.24, 2.45) is 5.73 Å². The summed E-state index contributed by atoms with van der Waals surface area (Å²) in [6.45, 7) is 1.03. The predicted molar refractivity (Wildman–Crippen MR) is 52.5 cm³/mol. The number of amides is 2. The summed E-state index contributed by atoms with van der Waals surface area (Å²) >= 11 is 0. The quantitative estimate of drug-likeness (QED) is 0.552. The Morgan fingerprint density at radius 2 is 2.36 bits per heavy atom. The molecule has 2 amide bonds. The first-order valence-electron chi connectivity index (χ1n) is 5.01. The van der Waals surface area contributed by atoms with Gasteiger partial charge in [0.15, 0.2) is 0 Å². The van der Waals surface area contributed by atoms with Crippen molar-refractivity contribution >= 4 is 11.8 Å². The molecular weight excluding hydrogens is 182 g/mol. The maximum atomic E-state index is 11.4. The molecule has 1 rings (SSSR count). The van der Waals surface area contributed by atoms with Crippen LogP contribution in [0.4, 0.5) is 0 Å². The molecule has 1 heterocycles. The first-order chi connectivity index (χ1) is 6.74. The van der Waals surface area contributed by atoms with E-state index in [1.54, 1.807) is 0 Å². The van der Waals surface area contributed by atoms with Crippen LogP contribution in [-0.2, 0) is 9.59 Å². The first kappa shape index (κ1) is 11.0. The molecule has 1 atom stereocenters. The normalized spacial score (nSPS) is 22.4. The molecule has 1 aliphatic heterocycles. The van der Waals surface area contributed by atoms with E-state index in [-0.39, 0.29) is 24.3 Å². The molecule has 1 fully saturated rings. The smallest absolute Gasteiger partial charge is 0.242 e. The summed E-state index contributed by atoms with van der Waals surface area (Å²) in [6, 6.07) is -0.364. The van der Waals surface area contributed by atoms with Crippen LogP contribution in [0.15, 0.2) is 0 Å². The van der Waals surface area contributed by atoms with Gasteiger partial charge in [0.05, 0.1) is 0 Å². The van der Waals surface area contributed by atoms with Gasteiger partial charge < -0.3 is 16.4 Å². The zero-order valence-electron chi connectivity index (χ0n) is 8.21. The fourth-order valence-electron chi connectivity index (χ4n) is 1.47. The first-order valence-corrected chi connectivity index (χ1v) is 5.01. The van der Waals surface area contributed by atoms with Gasteiger partial charge in [0, 0.05) is 19.5 Å². The third-order valence-corrected chi connectivity index (χ3v) is 2.24. The van der Waals surface area contributed by atoms with Crippen molar-refractivity contribution in [1.82, 2.24) is 10.6 Å². The minimum atomic E-state index is -0.364. The minimum Gasteiger partial charge on any atom is -0.354 e. The summed E-state index contributed by atoms with van der Waals surface area (Å²) in [5, 5.41) is 5.44. The van der Waals surface area contributed by atoms with Crippen molar-refractivity contribution in [3.63, 3.8) is 0 Å². The van der Waals surface area contributed by atoms with Crippen LogP contribution in [0.1, 0.15) is 25.7 Å². The Morgan fingerprint density at radius 3 is 3.07 bits per heavy atom. The van der Waals surface area contributed by atoms with E-state index in [1.807, 2.05) is 0 Å². The van der Waals surface area contributed by atoms with Gasteiger partial charge in [-0.15, -0.1) is 0 Å². The highest BCUT2D eigenvalue weighted by molar-refractivity contribution is 5.87. The summed E-state index contributed by atoms with van der Waals surface area (Å²) < 4.78 is 0. The van der Waals surface area contributed by atoms with Crippen molar-refractivity contribution in [2.75, 3.05) is 13.1 Å². The Balaban J connectivity index is 2.40. The maximum Gasteiger partial charge on any atom is 0.242 e. The summed E-state index contributed by atoms with van der Waals surface area (Å²) in [6.07, 6.45) is 2.95. The van der Waals surface area contributed by atoms with Crippen molar-refractivity contribution in [3.8, 4) is 0 Å². The molecular formula is C9H17N3O2. The van der Waals surface area contributed by atoms with Crippen LogP contribution >= 0.6 is 0 Å². The molecule has 0 bridgehead atoms. The van der Waals surface area contributed by atoms with Crippen LogP contribution in [0.5, 0.6) is 0 Å². The highest BCUT2D eigenvalue weighted by Gasteiger charge is 2.21. The monoisotopic (exact) mass is 199 g/mol. The molecule has 1 saturated heterocycles. The van der Waals surface area contributed by atoms with E-state index in [9.17, 15) is 9.59 Å². The molecule has 0 spiro atoms. The SMILES string of the molecule is NCCC(=O)NC1CCCCNC1=O. The molecule has 0 aliphatic carbocycles. The fraction of sp³-hybridized carbons (Fsp3) is 0.778. The number of carbonyl (C=O) groups excluding carboxylic acids is 2. The van der Waals surface area contributed by atoms with Gasteiger partial charge in [0.25, 0.3) is 0 Å². The lowest BCUT2D eigenvalue weighted by molar-refractivity contribution is -0.128. The molecule has 80 valence electrons. The molecule has 0 aromatic carbocycles. The number of carbonyl (C=O) groups is 2. The van der Waals surface area contributed by atoms with E-state index < -0.39 is 0 Å². The lowest BCUT2D eigenvalue weighted by Gasteiger charge is -2.14. The summed E-state index contributed by atoms with van der Waals surface area (Å²) in [4.78, 5) is 22.6. The second-order valence-corrected chi connectivity index (χ2v) is 3.45. The van der Waals surface area contributed by atoms with Gasteiger partial charge in [0.2, 0.25) is 11.8 Å². The van der Waals surface area contributed by atoms with Crippen molar-refractivity contribution in [1.29, 1.82) is 0 Å². The Kier molecular flexibility index (Phi) is 4.39. The van der Waals surface area contributed by atoms with Crippen molar-refractivity contribution in [3.05, 3.63) is 0 Å². The molecule has 0 aromatic rings. The van der Waals surface area contributed by atoms with Gasteiger partial charge in [-0.25, -0.2) is 0 Å². The van der Waals surface area contributed by atoms with E-state index in [2.05, 4.69) is 10.6 Å². The average Bonchev–Trinajstić information content (AvgIpc) is 2.33. The summed E-state index contributed by atoms with van der Waals surface area (Å²) in [5.74, 6) is -0.220. The zero-order valence-corrected chi connectivity index (χ0v) is 8.21. The van der Waals surface area contributed by atoms with Crippen LogP contribution in [-0.4, -0.2) is 30.9 Å². The standard InChI is InChI=1S/C9H17N3O2/c10-5-4-8(13)12-7-3-1-2-6-11-9(7)14/h7H,1-6,10H2,(H,11,14)(H,12,13).